The molecule has 4 aromatic carbocycles. The number of nitrogens with zero attached hydrogens (tertiary/aromatic N) is 4. The molecule has 0 saturated carbocycles. The number of nitrogens with one attached hydrogen (secondary N) is 3. The third kappa shape index (κ3) is 7.72. The van der Waals surface area contributed by atoms with Crippen molar-refractivity contribution in [2.24, 2.45) is 0 Å². The lowest BCUT2D eigenvalue weighted by atomic mass is 10.0. The average Bonchev–Trinajstić information content (AvgIpc) is 3.95. The summed E-state index contributed by atoms with van der Waals surface area (Å²) < 4.78 is 0. The summed E-state index contributed by atoms with van der Waals surface area (Å²) in [6.07, 6.45) is 3.37. The Balaban J connectivity index is 0.958. The number of aromatic amines is 1. The Labute approximate surface area is 296 Å². The first-order chi connectivity index (χ1) is 24.9. The molecule has 2 unspecified atom stereocenters. The number of carbonyl (C=O) groups excluding carboxylic acids is 4. The lowest BCUT2D eigenvalue weighted by molar-refractivity contribution is -0.136. The van der Waals surface area contributed by atoms with Crippen LogP contribution in [0.25, 0.3) is 22.5 Å². The number of likely N-dealkylation sites (tertiary alicyclic amines) is 2. The van der Waals surface area contributed by atoms with Crippen LogP contribution in [0.1, 0.15) is 36.8 Å². The van der Waals surface area contributed by atoms with Crippen LogP contribution in [-0.2, 0) is 32.0 Å². The highest BCUT2D eigenvalue weighted by atomic mass is 16.2. The molecule has 0 aliphatic carbocycles. The van der Waals surface area contributed by atoms with Crippen LogP contribution >= 0.6 is 0 Å². The summed E-state index contributed by atoms with van der Waals surface area (Å²) in [7, 11) is 0. The third-order valence-electron chi connectivity index (χ3n) is 9.55. The van der Waals surface area contributed by atoms with Crippen molar-refractivity contribution in [3.05, 3.63) is 120 Å². The number of hydrogen-bond acceptors (Lipinski definition) is 6. The van der Waals surface area contributed by atoms with Gasteiger partial charge in [-0.15, -0.1) is 0 Å². The van der Waals surface area contributed by atoms with Gasteiger partial charge in [0.25, 0.3) is 0 Å². The van der Waals surface area contributed by atoms with Gasteiger partial charge < -0.3 is 20.4 Å². The minimum atomic E-state index is -0.505. The van der Waals surface area contributed by atoms with E-state index in [4.69, 9.17) is 0 Å². The summed E-state index contributed by atoms with van der Waals surface area (Å²) in [5.74, 6) is -0.491. The number of anilines is 2. The maximum atomic E-state index is 13.2. The van der Waals surface area contributed by atoms with Crippen molar-refractivity contribution < 1.29 is 19.2 Å². The van der Waals surface area contributed by atoms with Gasteiger partial charge in [-0.2, -0.15) is 15.4 Å². The van der Waals surface area contributed by atoms with Crippen molar-refractivity contribution in [3.8, 4) is 22.5 Å². The Hall–Kier alpha value is -6.10. The van der Waals surface area contributed by atoms with Gasteiger partial charge in [0.2, 0.25) is 23.6 Å². The van der Waals surface area contributed by atoms with Gasteiger partial charge in [0, 0.05) is 35.6 Å². The summed E-state index contributed by atoms with van der Waals surface area (Å²) in [4.78, 5) is 55.9. The molecule has 2 aliphatic rings. The van der Waals surface area contributed by atoms with Gasteiger partial charge in [-0.05, 0) is 61.1 Å². The molecule has 4 amide bonds. The molecule has 11 heteroatoms. The number of H-pyrrole nitrogens is 1. The van der Waals surface area contributed by atoms with E-state index in [1.54, 1.807) is 9.80 Å². The zero-order valence-electron chi connectivity index (χ0n) is 28.1. The minimum absolute atomic E-state index is 0.0466. The van der Waals surface area contributed by atoms with Gasteiger partial charge in [0.1, 0.15) is 23.5 Å². The van der Waals surface area contributed by atoms with Crippen LogP contribution < -0.4 is 10.6 Å². The second-order valence-electron chi connectivity index (χ2n) is 13.0. The van der Waals surface area contributed by atoms with Crippen LogP contribution in [0.4, 0.5) is 11.4 Å². The normalized spacial score (nSPS) is 16.9. The van der Waals surface area contributed by atoms with E-state index in [0.29, 0.717) is 48.7 Å². The molecule has 258 valence electrons. The molecule has 1 aromatic heterocycles. The highest BCUT2D eigenvalue weighted by Crippen LogP contribution is 2.30. The van der Waals surface area contributed by atoms with Gasteiger partial charge in [-0.1, -0.05) is 84.9 Å². The Bertz CT molecular complexity index is 1850. The van der Waals surface area contributed by atoms with Gasteiger partial charge in [0.05, 0.1) is 12.8 Å². The molecule has 3 heterocycles. The molecule has 11 nitrogen and oxygen atoms in total. The second-order valence-corrected chi connectivity index (χ2v) is 13.0. The van der Waals surface area contributed by atoms with Crippen molar-refractivity contribution >= 4 is 35.0 Å². The van der Waals surface area contributed by atoms with E-state index >= 15 is 0 Å². The van der Waals surface area contributed by atoms with E-state index in [9.17, 15) is 19.2 Å². The average molecular weight is 682 g/mol. The molecule has 51 heavy (non-hydrogen) atoms. The molecule has 3 N–H and O–H groups in total. The van der Waals surface area contributed by atoms with Crippen LogP contribution in [-0.4, -0.2) is 74.0 Å². The molecule has 5 aromatic rings. The summed E-state index contributed by atoms with van der Waals surface area (Å²) >= 11 is 0. The first-order valence-corrected chi connectivity index (χ1v) is 17.3. The summed E-state index contributed by atoms with van der Waals surface area (Å²) in [5, 5.41) is 17.4. The fourth-order valence-electron chi connectivity index (χ4n) is 6.93. The second kappa shape index (κ2) is 15.2. The number of rotatable bonds is 10. The molecule has 0 radical (unpaired) electrons. The largest absolute Gasteiger partial charge is 0.330 e. The van der Waals surface area contributed by atoms with Crippen molar-refractivity contribution in [3.63, 3.8) is 0 Å². The zero-order valence-corrected chi connectivity index (χ0v) is 28.1. The van der Waals surface area contributed by atoms with E-state index in [1.165, 1.54) is 0 Å². The van der Waals surface area contributed by atoms with E-state index in [-0.39, 0.29) is 36.5 Å². The Morgan fingerprint density at radius 3 is 1.35 bits per heavy atom. The quantitative estimate of drug-likeness (QED) is 0.178. The van der Waals surface area contributed by atoms with Gasteiger partial charge in [-0.3, -0.25) is 19.2 Å². The van der Waals surface area contributed by atoms with Crippen molar-refractivity contribution in [1.82, 2.24) is 25.2 Å². The standard InChI is InChI=1S/C40H39N7O4/c48-35(25-27-9-3-1-4-10-27)46-23-7-13-33(46)39(50)41-31-19-15-29(16-20-31)37-38(44-45-43-37)30-17-21-32(22-18-30)42-40(51)34-14-8-24-47(34)36(49)26-28-11-5-2-6-12-28/h1-6,9-12,15-22,33-34H,7-8,13-14,23-26H2,(H,41,50)(H,42,51)(H,43,44,45). The summed E-state index contributed by atoms with van der Waals surface area (Å²) in [6, 6.07) is 32.8. The van der Waals surface area contributed by atoms with Crippen molar-refractivity contribution in [2.45, 2.75) is 50.6 Å². The summed E-state index contributed by atoms with van der Waals surface area (Å²) in [6.45, 7) is 1.14. The number of aromatic nitrogens is 3. The predicted octanol–water partition coefficient (Wildman–Crippen LogP) is 5.48. The SMILES string of the molecule is O=C(Nc1ccc(-c2n[nH]nc2-c2ccc(NC(=O)C3CCCN3C(=O)Cc3ccccc3)cc2)cc1)C1CCCN1C(=O)Cc1ccccc1. The van der Waals surface area contributed by atoms with E-state index in [0.717, 1.165) is 35.1 Å². The first kappa shape index (κ1) is 33.4. The van der Waals surface area contributed by atoms with Crippen LogP contribution in [0, 0.1) is 0 Å². The highest BCUT2D eigenvalue weighted by molar-refractivity contribution is 5.99. The maximum Gasteiger partial charge on any atom is 0.247 e. The van der Waals surface area contributed by atoms with Crippen LogP contribution in [0.5, 0.6) is 0 Å². The zero-order chi connectivity index (χ0) is 35.2. The van der Waals surface area contributed by atoms with E-state index in [2.05, 4.69) is 26.0 Å². The number of amides is 4. The molecule has 2 saturated heterocycles. The minimum Gasteiger partial charge on any atom is -0.330 e. The van der Waals surface area contributed by atoms with E-state index < -0.39 is 12.1 Å². The lowest BCUT2D eigenvalue weighted by Gasteiger charge is -2.24. The van der Waals surface area contributed by atoms with Crippen molar-refractivity contribution in [2.75, 3.05) is 23.7 Å². The fraction of sp³-hybridized carbons (Fsp3) is 0.250. The highest BCUT2D eigenvalue weighted by Gasteiger charge is 2.35. The van der Waals surface area contributed by atoms with Gasteiger partial charge >= 0.3 is 0 Å². The molecule has 2 atom stereocenters. The Morgan fingerprint density at radius 2 is 0.961 bits per heavy atom. The molecular weight excluding hydrogens is 642 g/mol. The van der Waals surface area contributed by atoms with Gasteiger partial charge in [0.15, 0.2) is 0 Å². The topological polar surface area (TPSA) is 140 Å². The molecule has 0 spiro atoms. The van der Waals surface area contributed by atoms with Crippen LogP contribution in [0.3, 0.4) is 0 Å². The maximum absolute atomic E-state index is 13.2. The number of carbonyl (C=O) groups is 4. The molecule has 7 rings (SSSR count). The molecule has 2 aliphatic heterocycles. The first-order valence-electron chi connectivity index (χ1n) is 17.3. The monoisotopic (exact) mass is 681 g/mol. The smallest absolute Gasteiger partial charge is 0.247 e. The molecule has 0 bridgehead atoms. The molecule has 2 fully saturated rings. The fourth-order valence-corrected chi connectivity index (χ4v) is 6.93. The predicted molar refractivity (Wildman–Crippen MR) is 194 cm³/mol. The van der Waals surface area contributed by atoms with Crippen molar-refractivity contribution in [1.29, 1.82) is 0 Å². The third-order valence-corrected chi connectivity index (χ3v) is 9.55. The number of benzene rings is 4. The van der Waals surface area contributed by atoms with E-state index in [1.807, 2.05) is 109 Å². The summed E-state index contributed by atoms with van der Waals surface area (Å²) in [5.41, 5.74) is 5.98. The van der Waals surface area contributed by atoms with Gasteiger partial charge in [-0.25, -0.2) is 0 Å². The molecular formula is C40H39N7O4. The van der Waals surface area contributed by atoms with Crippen LogP contribution in [0.15, 0.2) is 109 Å². The van der Waals surface area contributed by atoms with Crippen LogP contribution in [0.2, 0.25) is 0 Å². The Kier molecular flexibility index (Phi) is 9.96. The lowest BCUT2D eigenvalue weighted by Crippen LogP contribution is -2.43. The Morgan fingerprint density at radius 1 is 0.569 bits per heavy atom. The number of hydrogen-bond donors (Lipinski definition) is 3.